The number of carboxylic acids is 1. The van der Waals surface area contributed by atoms with Crippen LogP contribution in [-0.2, 0) is 22.5 Å². The molecule has 1 aliphatic heterocycles. The van der Waals surface area contributed by atoms with Crippen molar-refractivity contribution in [3.05, 3.63) is 35.4 Å². The summed E-state index contributed by atoms with van der Waals surface area (Å²) in [6, 6.07) is 8.27. The van der Waals surface area contributed by atoms with Gasteiger partial charge in [0.1, 0.15) is 0 Å². The van der Waals surface area contributed by atoms with Crippen molar-refractivity contribution in [1.29, 1.82) is 0 Å². The average molecular weight is 263 g/mol. The Labute approximate surface area is 114 Å². The summed E-state index contributed by atoms with van der Waals surface area (Å²) in [6.45, 7) is 6.28. The van der Waals surface area contributed by atoms with Crippen LogP contribution in [0.15, 0.2) is 24.3 Å². The minimum absolute atomic E-state index is 0.329. The first-order valence-corrected chi connectivity index (χ1v) is 6.76. The molecular formula is C15H21NO3. The van der Waals surface area contributed by atoms with Gasteiger partial charge in [0, 0.05) is 19.6 Å². The fourth-order valence-electron chi connectivity index (χ4n) is 2.24. The third-order valence-corrected chi connectivity index (χ3v) is 3.50. The summed E-state index contributed by atoms with van der Waals surface area (Å²) in [4.78, 5) is 13.2. The summed E-state index contributed by atoms with van der Waals surface area (Å²) < 4.78 is 5.33. The number of carbonyl (C=O) groups is 1. The van der Waals surface area contributed by atoms with Gasteiger partial charge in [-0.2, -0.15) is 0 Å². The summed E-state index contributed by atoms with van der Waals surface area (Å²) >= 11 is 0. The van der Waals surface area contributed by atoms with Gasteiger partial charge in [-0.25, -0.2) is 0 Å². The maximum Gasteiger partial charge on any atom is 0.306 e. The Balaban J connectivity index is 1.88. The number of morpholine rings is 1. The third-order valence-electron chi connectivity index (χ3n) is 3.50. The molecule has 0 aromatic heterocycles. The van der Waals surface area contributed by atoms with E-state index in [2.05, 4.69) is 17.0 Å². The Kier molecular flexibility index (Phi) is 4.93. The highest BCUT2D eigenvalue weighted by Crippen LogP contribution is 2.12. The van der Waals surface area contributed by atoms with Crippen molar-refractivity contribution in [3.8, 4) is 0 Å². The Bertz CT molecular complexity index is 410. The van der Waals surface area contributed by atoms with Crippen LogP contribution in [0, 0.1) is 5.92 Å². The van der Waals surface area contributed by atoms with Gasteiger partial charge in [0.25, 0.3) is 0 Å². The van der Waals surface area contributed by atoms with E-state index in [1.807, 2.05) is 12.1 Å². The number of benzene rings is 1. The fourth-order valence-corrected chi connectivity index (χ4v) is 2.24. The van der Waals surface area contributed by atoms with Crippen LogP contribution < -0.4 is 0 Å². The molecule has 19 heavy (non-hydrogen) atoms. The van der Waals surface area contributed by atoms with Crippen molar-refractivity contribution in [3.63, 3.8) is 0 Å². The second-order valence-electron chi connectivity index (χ2n) is 5.15. The van der Waals surface area contributed by atoms with Gasteiger partial charge in [-0.15, -0.1) is 0 Å². The Morgan fingerprint density at radius 3 is 2.42 bits per heavy atom. The highest BCUT2D eigenvalue weighted by Gasteiger charge is 2.12. The normalized spacial score (nSPS) is 18.2. The standard InChI is InChI=1S/C15H21NO3/c1-12(15(17)18)10-13-2-4-14(5-3-13)11-16-6-8-19-9-7-16/h2-5,12H,6-11H2,1H3,(H,17,18). The Hall–Kier alpha value is -1.39. The van der Waals surface area contributed by atoms with E-state index < -0.39 is 5.97 Å². The maximum atomic E-state index is 10.8. The second kappa shape index (κ2) is 6.68. The first kappa shape index (κ1) is 14.0. The predicted molar refractivity (Wildman–Crippen MR) is 73.0 cm³/mol. The summed E-state index contributed by atoms with van der Waals surface area (Å²) in [5.41, 5.74) is 2.36. The van der Waals surface area contributed by atoms with Crippen LogP contribution in [0.3, 0.4) is 0 Å². The van der Waals surface area contributed by atoms with E-state index in [4.69, 9.17) is 9.84 Å². The summed E-state index contributed by atoms with van der Waals surface area (Å²) in [5.74, 6) is -1.07. The van der Waals surface area contributed by atoms with E-state index in [9.17, 15) is 4.79 Å². The molecule has 0 radical (unpaired) electrons. The van der Waals surface area contributed by atoms with E-state index in [-0.39, 0.29) is 5.92 Å². The van der Waals surface area contributed by atoms with Crippen molar-refractivity contribution < 1.29 is 14.6 Å². The molecule has 0 bridgehead atoms. The molecule has 1 atom stereocenters. The first-order valence-electron chi connectivity index (χ1n) is 6.76. The Morgan fingerprint density at radius 2 is 1.84 bits per heavy atom. The molecule has 1 N–H and O–H groups in total. The second-order valence-corrected chi connectivity index (χ2v) is 5.15. The lowest BCUT2D eigenvalue weighted by molar-refractivity contribution is -0.141. The van der Waals surface area contributed by atoms with Gasteiger partial charge >= 0.3 is 5.97 Å². The van der Waals surface area contributed by atoms with Crippen LogP contribution in [0.2, 0.25) is 0 Å². The molecule has 1 aliphatic rings. The molecule has 2 rings (SSSR count). The quantitative estimate of drug-likeness (QED) is 0.880. The van der Waals surface area contributed by atoms with Gasteiger partial charge in [0.2, 0.25) is 0 Å². The van der Waals surface area contributed by atoms with Crippen LogP contribution in [-0.4, -0.2) is 42.3 Å². The minimum Gasteiger partial charge on any atom is -0.481 e. The number of hydrogen-bond acceptors (Lipinski definition) is 3. The molecule has 104 valence electrons. The number of rotatable bonds is 5. The van der Waals surface area contributed by atoms with Crippen LogP contribution in [0.1, 0.15) is 18.1 Å². The third kappa shape index (κ3) is 4.33. The molecular weight excluding hydrogens is 242 g/mol. The Morgan fingerprint density at radius 1 is 1.26 bits per heavy atom. The average Bonchev–Trinajstić information content (AvgIpc) is 2.42. The van der Waals surface area contributed by atoms with Crippen molar-refractivity contribution in [2.24, 2.45) is 5.92 Å². The molecule has 0 saturated carbocycles. The van der Waals surface area contributed by atoms with Crippen LogP contribution >= 0.6 is 0 Å². The number of ether oxygens (including phenoxy) is 1. The molecule has 1 saturated heterocycles. The van der Waals surface area contributed by atoms with E-state index in [0.29, 0.717) is 6.42 Å². The summed E-state index contributed by atoms with van der Waals surface area (Å²) in [6.07, 6.45) is 0.590. The minimum atomic E-state index is -0.739. The molecule has 4 nitrogen and oxygen atoms in total. The SMILES string of the molecule is CC(Cc1ccc(CN2CCOCC2)cc1)C(=O)O. The summed E-state index contributed by atoms with van der Waals surface area (Å²) in [5, 5.41) is 8.90. The molecule has 4 heteroatoms. The predicted octanol–water partition coefficient (Wildman–Crippen LogP) is 1.78. The van der Waals surface area contributed by atoms with Crippen LogP contribution in [0.25, 0.3) is 0 Å². The van der Waals surface area contributed by atoms with Crippen LogP contribution in [0.4, 0.5) is 0 Å². The molecule has 0 spiro atoms. The van der Waals surface area contributed by atoms with E-state index in [1.165, 1.54) is 5.56 Å². The van der Waals surface area contributed by atoms with Gasteiger partial charge in [-0.3, -0.25) is 9.69 Å². The van der Waals surface area contributed by atoms with Crippen molar-refractivity contribution in [2.75, 3.05) is 26.3 Å². The first-order chi connectivity index (χ1) is 9.15. The van der Waals surface area contributed by atoms with Crippen molar-refractivity contribution >= 4 is 5.97 Å². The maximum absolute atomic E-state index is 10.8. The lowest BCUT2D eigenvalue weighted by Gasteiger charge is -2.26. The summed E-state index contributed by atoms with van der Waals surface area (Å²) in [7, 11) is 0. The van der Waals surface area contributed by atoms with Gasteiger partial charge in [0.15, 0.2) is 0 Å². The molecule has 1 aromatic rings. The van der Waals surface area contributed by atoms with Gasteiger partial charge in [-0.1, -0.05) is 31.2 Å². The zero-order chi connectivity index (χ0) is 13.7. The van der Waals surface area contributed by atoms with Crippen LogP contribution in [0.5, 0.6) is 0 Å². The molecule has 0 aliphatic carbocycles. The number of carboxylic acid groups (broad SMARTS) is 1. The zero-order valence-electron chi connectivity index (χ0n) is 11.3. The molecule has 1 heterocycles. The van der Waals surface area contributed by atoms with E-state index in [1.54, 1.807) is 6.92 Å². The fraction of sp³-hybridized carbons (Fsp3) is 0.533. The number of nitrogens with zero attached hydrogens (tertiary/aromatic N) is 1. The van der Waals surface area contributed by atoms with Crippen molar-refractivity contribution in [1.82, 2.24) is 4.90 Å². The topological polar surface area (TPSA) is 49.8 Å². The molecule has 1 fully saturated rings. The number of hydrogen-bond donors (Lipinski definition) is 1. The largest absolute Gasteiger partial charge is 0.481 e. The lowest BCUT2D eigenvalue weighted by Crippen LogP contribution is -2.35. The monoisotopic (exact) mass is 263 g/mol. The molecule has 0 amide bonds. The molecule has 1 unspecified atom stereocenters. The van der Waals surface area contributed by atoms with Crippen molar-refractivity contribution in [2.45, 2.75) is 19.9 Å². The van der Waals surface area contributed by atoms with Gasteiger partial charge < -0.3 is 9.84 Å². The lowest BCUT2D eigenvalue weighted by atomic mass is 10.0. The smallest absolute Gasteiger partial charge is 0.306 e. The molecule has 1 aromatic carbocycles. The number of aliphatic carboxylic acids is 1. The van der Waals surface area contributed by atoms with E-state index in [0.717, 1.165) is 38.4 Å². The highest BCUT2D eigenvalue weighted by atomic mass is 16.5. The highest BCUT2D eigenvalue weighted by molar-refractivity contribution is 5.69. The van der Waals surface area contributed by atoms with E-state index >= 15 is 0 Å². The van der Waals surface area contributed by atoms with Gasteiger partial charge in [-0.05, 0) is 17.5 Å². The zero-order valence-corrected chi connectivity index (χ0v) is 11.3. The van der Waals surface area contributed by atoms with Gasteiger partial charge in [0.05, 0.1) is 19.1 Å².